The van der Waals surface area contributed by atoms with E-state index in [0.29, 0.717) is 6.42 Å². The molecule has 0 unspecified atom stereocenters. The number of aryl methyl sites for hydroxylation is 1. The second-order valence-corrected chi connectivity index (χ2v) is 6.27. The third kappa shape index (κ3) is 2.39. The van der Waals surface area contributed by atoms with Crippen LogP contribution < -0.4 is 16.4 Å². The smallest absolute Gasteiger partial charge is 0.224 e. The van der Waals surface area contributed by atoms with Crippen LogP contribution in [0.2, 0.25) is 0 Å². The molecule has 0 bridgehead atoms. The van der Waals surface area contributed by atoms with Gasteiger partial charge >= 0.3 is 0 Å². The number of hydrogen-bond donors (Lipinski definition) is 3. The summed E-state index contributed by atoms with van der Waals surface area (Å²) in [7, 11) is 0. The van der Waals surface area contributed by atoms with Gasteiger partial charge in [0.15, 0.2) is 0 Å². The minimum atomic E-state index is 0.0566. The average molecular weight is 259 g/mol. The van der Waals surface area contributed by atoms with Crippen LogP contribution in [0.15, 0.2) is 12.1 Å². The Hall–Kier alpha value is -1.71. The molecule has 0 atom stereocenters. The number of nitrogen functional groups attached to an aromatic ring is 1. The van der Waals surface area contributed by atoms with E-state index in [2.05, 4.69) is 24.5 Å². The van der Waals surface area contributed by atoms with E-state index in [1.54, 1.807) is 0 Å². The van der Waals surface area contributed by atoms with Gasteiger partial charge in [0.05, 0.1) is 11.4 Å². The van der Waals surface area contributed by atoms with Crippen molar-refractivity contribution >= 4 is 23.0 Å². The second-order valence-electron chi connectivity index (χ2n) is 6.27. The first-order chi connectivity index (χ1) is 8.95. The zero-order valence-corrected chi connectivity index (χ0v) is 11.5. The molecule has 1 amide bonds. The Bertz CT molecular complexity index is 532. The zero-order valence-electron chi connectivity index (χ0n) is 11.5. The van der Waals surface area contributed by atoms with Crippen LogP contribution in [0.5, 0.6) is 0 Å². The summed E-state index contributed by atoms with van der Waals surface area (Å²) >= 11 is 0. The molecule has 1 saturated carbocycles. The Morgan fingerprint density at radius 3 is 2.74 bits per heavy atom. The summed E-state index contributed by atoms with van der Waals surface area (Å²) < 4.78 is 0. The van der Waals surface area contributed by atoms with E-state index in [-0.39, 0.29) is 11.4 Å². The number of rotatable bonds is 3. The van der Waals surface area contributed by atoms with Crippen LogP contribution in [0.3, 0.4) is 0 Å². The summed E-state index contributed by atoms with van der Waals surface area (Å²) in [4.78, 5) is 11.5. The number of anilines is 3. The summed E-state index contributed by atoms with van der Waals surface area (Å²) in [6.07, 6.45) is 3.88. The summed E-state index contributed by atoms with van der Waals surface area (Å²) in [5.41, 5.74) is 9.92. The third-order valence-corrected chi connectivity index (χ3v) is 4.23. The van der Waals surface area contributed by atoms with E-state index >= 15 is 0 Å². The van der Waals surface area contributed by atoms with Gasteiger partial charge in [-0.1, -0.05) is 0 Å². The highest BCUT2D eigenvalue weighted by Gasteiger charge is 2.38. The van der Waals surface area contributed by atoms with Gasteiger partial charge in [0.2, 0.25) is 5.91 Å². The van der Waals surface area contributed by atoms with Crippen molar-refractivity contribution in [2.45, 2.75) is 45.1 Å². The fourth-order valence-electron chi connectivity index (χ4n) is 2.81. The van der Waals surface area contributed by atoms with Crippen molar-refractivity contribution in [2.24, 2.45) is 5.92 Å². The molecule has 19 heavy (non-hydrogen) atoms. The number of nitrogens with one attached hydrogen (secondary N) is 2. The molecule has 0 aromatic heterocycles. The van der Waals surface area contributed by atoms with Gasteiger partial charge in [0, 0.05) is 17.6 Å². The number of carbonyl (C=O) groups excluding carboxylic acids is 1. The largest absolute Gasteiger partial charge is 0.397 e. The Labute approximate surface area is 113 Å². The molecular weight excluding hydrogens is 238 g/mol. The Morgan fingerprint density at radius 1 is 1.32 bits per heavy atom. The number of benzene rings is 1. The molecule has 0 radical (unpaired) electrons. The van der Waals surface area contributed by atoms with Crippen molar-refractivity contribution in [1.82, 2.24) is 0 Å². The van der Waals surface area contributed by atoms with Crippen LogP contribution in [0.4, 0.5) is 17.1 Å². The molecule has 0 spiro atoms. The number of hydrogen-bond acceptors (Lipinski definition) is 3. The van der Waals surface area contributed by atoms with E-state index in [0.717, 1.165) is 35.0 Å². The predicted molar refractivity (Wildman–Crippen MR) is 78.2 cm³/mol. The van der Waals surface area contributed by atoms with E-state index in [9.17, 15) is 4.79 Å². The number of amides is 1. The minimum Gasteiger partial charge on any atom is -0.397 e. The Morgan fingerprint density at radius 2 is 2.05 bits per heavy atom. The zero-order chi connectivity index (χ0) is 13.6. The van der Waals surface area contributed by atoms with Crippen molar-refractivity contribution in [3.05, 3.63) is 17.7 Å². The SMILES string of the molecule is CC(C)(Nc1cc2c(cc1N)CCC(=O)N2)C1CC1. The van der Waals surface area contributed by atoms with Gasteiger partial charge in [-0.25, -0.2) is 0 Å². The highest BCUT2D eigenvalue weighted by Crippen LogP contribution is 2.42. The first-order valence-corrected chi connectivity index (χ1v) is 6.96. The highest BCUT2D eigenvalue weighted by molar-refractivity contribution is 5.95. The van der Waals surface area contributed by atoms with Crippen molar-refractivity contribution in [1.29, 1.82) is 0 Å². The standard InChI is InChI=1S/C15H21N3O/c1-15(2,10-4-5-10)18-13-8-12-9(7-11(13)16)3-6-14(19)17-12/h7-8,10,18H,3-6,16H2,1-2H3,(H,17,19). The van der Waals surface area contributed by atoms with Gasteiger partial charge in [0.1, 0.15) is 0 Å². The Balaban J connectivity index is 1.89. The van der Waals surface area contributed by atoms with E-state index in [1.807, 2.05) is 12.1 Å². The van der Waals surface area contributed by atoms with Crippen LogP contribution in [0, 0.1) is 5.92 Å². The van der Waals surface area contributed by atoms with E-state index in [1.165, 1.54) is 12.8 Å². The lowest BCUT2D eigenvalue weighted by molar-refractivity contribution is -0.116. The fraction of sp³-hybridized carbons (Fsp3) is 0.533. The van der Waals surface area contributed by atoms with Gasteiger partial charge in [-0.2, -0.15) is 0 Å². The van der Waals surface area contributed by atoms with Gasteiger partial charge in [-0.15, -0.1) is 0 Å². The quantitative estimate of drug-likeness (QED) is 0.731. The lowest BCUT2D eigenvalue weighted by atomic mass is 9.96. The fourth-order valence-corrected chi connectivity index (χ4v) is 2.81. The van der Waals surface area contributed by atoms with Crippen molar-refractivity contribution < 1.29 is 4.79 Å². The lowest BCUT2D eigenvalue weighted by Gasteiger charge is -2.29. The van der Waals surface area contributed by atoms with Crippen LogP contribution >= 0.6 is 0 Å². The number of fused-ring (bicyclic) bond motifs is 1. The number of nitrogens with two attached hydrogens (primary N) is 1. The summed E-state index contributed by atoms with van der Waals surface area (Å²) in [6.45, 7) is 4.42. The molecular formula is C15H21N3O. The molecule has 4 heteroatoms. The predicted octanol–water partition coefficient (Wildman–Crippen LogP) is 2.75. The van der Waals surface area contributed by atoms with E-state index < -0.39 is 0 Å². The molecule has 1 aromatic carbocycles. The molecule has 0 saturated heterocycles. The van der Waals surface area contributed by atoms with Crippen LogP contribution in [-0.4, -0.2) is 11.4 Å². The van der Waals surface area contributed by atoms with Gasteiger partial charge in [0.25, 0.3) is 0 Å². The highest BCUT2D eigenvalue weighted by atomic mass is 16.1. The maximum atomic E-state index is 11.5. The molecule has 1 aliphatic heterocycles. The second kappa shape index (κ2) is 4.15. The van der Waals surface area contributed by atoms with Gasteiger partial charge in [-0.3, -0.25) is 4.79 Å². The molecule has 1 fully saturated rings. The lowest BCUT2D eigenvalue weighted by Crippen LogP contribution is -2.33. The molecule has 2 aliphatic rings. The molecule has 3 rings (SSSR count). The minimum absolute atomic E-state index is 0.0566. The van der Waals surface area contributed by atoms with E-state index in [4.69, 9.17) is 5.73 Å². The average Bonchev–Trinajstić information content (AvgIpc) is 3.14. The first kappa shape index (κ1) is 12.3. The monoisotopic (exact) mass is 259 g/mol. The topological polar surface area (TPSA) is 67.1 Å². The molecule has 1 aliphatic carbocycles. The third-order valence-electron chi connectivity index (χ3n) is 4.23. The summed E-state index contributed by atoms with van der Waals surface area (Å²) in [5, 5.41) is 6.46. The molecule has 1 aromatic rings. The summed E-state index contributed by atoms with van der Waals surface area (Å²) in [5.74, 6) is 0.808. The van der Waals surface area contributed by atoms with Crippen molar-refractivity contribution in [2.75, 3.05) is 16.4 Å². The molecule has 102 valence electrons. The van der Waals surface area contributed by atoms with Crippen molar-refractivity contribution in [3.63, 3.8) is 0 Å². The maximum absolute atomic E-state index is 11.5. The first-order valence-electron chi connectivity index (χ1n) is 6.96. The van der Waals surface area contributed by atoms with Crippen LogP contribution in [-0.2, 0) is 11.2 Å². The van der Waals surface area contributed by atoms with Crippen LogP contribution in [0.1, 0.15) is 38.7 Å². The van der Waals surface area contributed by atoms with Crippen LogP contribution in [0.25, 0.3) is 0 Å². The molecule has 4 N–H and O–H groups in total. The molecule has 1 heterocycles. The normalized spacial score (nSPS) is 18.7. The Kier molecular flexibility index (Phi) is 2.69. The van der Waals surface area contributed by atoms with Gasteiger partial charge in [-0.05, 0) is 56.7 Å². The number of carbonyl (C=O) groups is 1. The van der Waals surface area contributed by atoms with Gasteiger partial charge < -0.3 is 16.4 Å². The van der Waals surface area contributed by atoms with Crippen molar-refractivity contribution in [3.8, 4) is 0 Å². The maximum Gasteiger partial charge on any atom is 0.224 e. The summed E-state index contributed by atoms with van der Waals surface area (Å²) in [6, 6.07) is 3.96. The molecule has 4 nitrogen and oxygen atoms in total.